The van der Waals surface area contributed by atoms with E-state index >= 15 is 0 Å². The van der Waals surface area contributed by atoms with E-state index in [4.69, 9.17) is 0 Å². The summed E-state index contributed by atoms with van der Waals surface area (Å²) in [5.41, 5.74) is 2.53. The zero-order valence-corrected chi connectivity index (χ0v) is 19.6. The summed E-state index contributed by atoms with van der Waals surface area (Å²) in [6.07, 6.45) is 2.19. The molecule has 31 heavy (non-hydrogen) atoms. The molecule has 1 heterocycles. The molecule has 1 unspecified atom stereocenters. The Labute approximate surface area is 209 Å². The molecule has 0 aromatic heterocycles. The summed E-state index contributed by atoms with van der Waals surface area (Å²) in [6.45, 7) is 1.46. The van der Waals surface area contributed by atoms with Crippen LogP contribution in [0.1, 0.15) is 23.1 Å². The van der Waals surface area contributed by atoms with Crippen molar-refractivity contribution in [3.8, 4) is 0 Å². The molecule has 0 amide bonds. The van der Waals surface area contributed by atoms with Crippen molar-refractivity contribution >= 4 is 14.4 Å². The molecule has 0 saturated carbocycles. The average molecular weight is 423 g/mol. The van der Waals surface area contributed by atoms with Crippen LogP contribution >= 0.6 is 0 Å². The average Bonchev–Trinajstić information content (AvgIpc) is 3.08. The number of hydrogen-bond acceptors (Lipinski definition) is 2. The van der Waals surface area contributed by atoms with Crippen LogP contribution in [0.2, 0.25) is 0 Å². The van der Waals surface area contributed by atoms with E-state index in [-0.39, 0.29) is 43.9 Å². The fourth-order valence-electron chi connectivity index (χ4n) is 4.75. The molecule has 3 aromatic rings. The summed E-state index contributed by atoms with van der Waals surface area (Å²) in [6, 6.07) is 30.6. The number of rotatable bonds is 7. The summed E-state index contributed by atoms with van der Waals surface area (Å²) in [5, 5.41) is 10.6. The molecule has 5 heteroatoms. The molecule has 0 bridgehead atoms. The third-order valence-corrected chi connectivity index (χ3v) is 6.22. The Hall–Kier alpha value is -1.85. The minimum Gasteiger partial charge on any atom is -0.480 e. The van der Waals surface area contributed by atoms with E-state index in [1.165, 1.54) is 5.56 Å². The van der Waals surface area contributed by atoms with Crippen LogP contribution in [0.5, 0.6) is 0 Å². The van der Waals surface area contributed by atoms with Gasteiger partial charge in [-0.25, -0.2) is 0 Å². The van der Waals surface area contributed by atoms with Crippen LogP contribution in [-0.4, -0.2) is 36.5 Å². The van der Waals surface area contributed by atoms with Crippen molar-refractivity contribution in [3.63, 3.8) is 0 Å². The van der Waals surface area contributed by atoms with E-state index < -0.39 is 11.5 Å². The molecule has 1 aliphatic heterocycles. The van der Waals surface area contributed by atoms with Gasteiger partial charge in [-0.05, 0) is 42.0 Å². The van der Waals surface area contributed by atoms with E-state index in [2.05, 4.69) is 29.2 Å². The summed E-state index contributed by atoms with van der Waals surface area (Å²) in [4.78, 5) is 15.1. The predicted molar refractivity (Wildman–Crippen MR) is 127 cm³/mol. The third-order valence-electron chi connectivity index (χ3n) is 6.22. The van der Waals surface area contributed by atoms with Gasteiger partial charge in [0.1, 0.15) is 5.54 Å². The van der Waals surface area contributed by atoms with Gasteiger partial charge in [0.25, 0.3) is 0 Å². The number of hydrogen-bond donors (Lipinski definition) is 1. The zero-order chi connectivity index (χ0) is 20.1. The third kappa shape index (κ3) is 5.69. The van der Waals surface area contributed by atoms with E-state index in [1.807, 2.05) is 66.7 Å². The first-order valence-corrected chi connectivity index (χ1v) is 10.3. The molecule has 156 valence electrons. The number of benzene rings is 3. The number of carboxylic acid groups (broad SMARTS) is 1. The van der Waals surface area contributed by atoms with Gasteiger partial charge in [0.15, 0.2) is 0 Å². The molecule has 3 aromatic carbocycles. The number of carboxylic acids is 1. The molecule has 1 fully saturated rings. The molecule has 2 atom stereocenters. The molecule has 4 rings (SSSR count). The van der Waals surface area contributed by atoms with E-state index in [1.54, 1.807) is 0 Å². The smallest absolute Gasteiger partial charge is 0.480 e. The Balaban J connectivity index is 0.00000171. The fourth-order valence-corrected chi connectivity index (χ4v) is 4.75. The quantitative estimate of drug-likeness (QED) is 0.559. The van der Waals surface area contributed by atoms with Crippen molar-refractivity contribution in [1.82, 2.24) is 4.90 Å². The summed E-state index contributed by atoms with van der Waals surface area (Å²) < 4.78 is 0. The number of likely N-dealkylation sites (tertiary alicyclic amines) is 1. The summed E-state index contributed by atoms with van der Waals surface area (Å²) >= 11 is 0. The zero-order valence-electron chi connectivity index (χ0n) is 17.6. The maximum absolute atomic E-state index is 12.9. The number of aliphatic carboxylic acids is 1. The van der Waals surface area contributed by atoms with Gasteiger partial charge in [-0.2, -0.15) is 0 Å². The van der Waals surface area contributed by atoms with Gasteiger partial charge >= 0.3 is 35.5 Å². The second-order valence-electron chi connectivity index (χ2n) is 7.97. The maximum Gasteiger partial charge on any atom is 1.00 e. The van der Waals surface area contributed by atoms with Crippen molar-refractivity contribution in [3.05, 3.63) is 108 Å². The van der Waals surface area contributed by atoms with E-state index in [9.17, 15) is 9.90 Å². The molecule has 0 spiro atoms. The minimum absolute atomic E-state index is 0. The molecule has 0 aliphatic carbocycles. The van der Waals surface area contributed by atoms with Crippen LogP contribution in [0, 0.1) is 5.92 Å². The Kier molecular flexibility index (Phi) is 9.58. The topological polar surface area (TPSA) is 40.5 Å². The first-order chi connectivity index (χ1) is 14.2. The molecule has 1 aliphatic rings. The van der Waals surface area contributed by atoms with Crippen LogP contribution in [-0.2, 0) is 24.2 Å². The van der Waals surface area contributed by atoms with Gasteiger partial charge in [0.05, 0.1) is 0 Å². The Bertz CT molecular complexity index is 888. The molecule has 1 saturated heterocycles. The van der Waals surface area contributed by atoms with Gasteiger partial charge in [0, 0.05) is 13.0 Å². The summed E-state index contributed by atoms with van der Waals surface area (Å²) in [7, 11) is 0. The van der Waals surface area contributed by atoms with Gasteiger partial charge in [-0.15, -0.1) is 0 Å². The van der Waals surface area contributed by atoms with Crippen LogP contribution in [0.3, 0.4) is 0 Å². The molecule has 0 radical (unpaired) electrons. The maximum atomic E-state index is 12.9. The number of carbonyl (C=O) groups is 1. The van der Waals surface area contributed by atoms with Crippen molar-refractivity contribution in [2.75, 3.05) is 6.54 Å². The second kappa shape index (κ2) is 11.7. The minimum atomic E-state index is -0.910. The summed E-state index contributed by atoms with van der Waals surface area (Å²) in [5.74, 6) is -0.651. The Morgan fingerprint density at radius 1 is 0.839 bits per heavy atom. The van der Waals surface area contributed by atoms with Crippen LogP contribution in [0.25, 0.3) is 0 Å². The SMILES string of the molecule is O=C(O)[C@]1(Cc2ccccc2)C(Cc2ccccc2)CCN1Cc1ccccc1.[BH4-].[Na+]. The normalized spacial score (nSPS) is 20.5. The molecule has 3 nitrogen and oxygen atoms in total. The van der Waals surface area contributed by atoms with Crippen molar-refractivity contribution in [2.45, 2.75) is 31.3 Å². The van der Waals surface area contributed by atoms with Crippen molar-refractivity contribution in [2.24, 2.45) is 5.92 Å². The fraction of sp³-hybridized carbons (Fsp3) is 0.269. The van der Waals surface area contributed by atoms with Crippen LogP contribution in [0.15, 0.2) is 91.0 Å². The Morgan fingerprint density at radius 2 is 1.32 bits per heavy atom. The van der Waals surface area contributed by atoms with Crippen LogP contribution in [0.4, 0.5) is 0 Å². The van der Waals surface area contributed by atoms with Crippen LogP contribution < -0.4 is 29.6 Å². The first kappa shape index (κ1) is 25.4. The largest absolute Gasteiger partial charge is 1.00 e. The van der Waals surface area contributed by atoms with Gasteiger partial charge < -0.3 is 5.11 Å². The standard InChI is InChI=1S/C26H27NO2.BH4.Na/c28-25(29)26(19-22-12-6-2-7-13-22)24(18-21-10-4-1-5-11-21)16-17-27(26)20-23-14-8-3-9-15-23;;/h1-15,24H,16-20H2,(H,28,29);1H4;/q;-1;+1/t24?,26-;;/m0../s1. The Morgan fingerprint density at radius 3 is 1.84 bits per heavy atom. The van der Waals surface area contributed by atoms with Gasteiger partial charge in [0.2, 0.25) is 0 Å². The van der Waals surface area contributed by atoms with Gasteiger partial charge in [-0.3, -0.25) is 9.69 Å². The number of nitrogens with zero attached hydrogens (tertiary/aromatic N) is 1. The molecular formula is C26H31BNNaO2. The van der Waals surface area contributed by atoms with Gasteiger partial charge in [-0.1, -0.05) is 99.4 Å². The molecule has 1 N–H and O–H groups in total. The van der Waals surface area contributed by atoms with Crippen molar-refractivity contribution < 1.29 is 39.5 Å². The first-order valence-electron chi connectivity index (χ1n) is 10.3. The van der Waals surface area contributed by atoms with Crippen molar-refractivity contribution in [1.29, 1.82) is 0 Å². The predicted octanol–water partition coefficient (Wildman–Crippen LogP) is 0.370. The van der Waals surface area contributed by atoms with E-state index in [0.29, 0.717) is 13.0 Å². The monoisotopic (exact) mass is 423 g/mol. The molecular weight excluding hydrogens is 392 g/mol. The van der Waals surface area contributed by atoms with E-state index in [0.717, 1.165) is 30.5 Å². The second-order valence-corrected chi connectivity index (χ2v) is 7.97.